The number of phenols is 1. The minimum absolute atomic E-state index is 0.0572. The highest BCUT2D eigenvalue weighted by Gasteiger charge is 2.51. The smallest absolute Gasteiger partial charge is 0.257 e. The van der Waals surface area contributed by atoms with E-state index >= 15 is 0 Å². The summed E-state index contributed by atoms with van der Waals surface area (Å²) in [5, 5.41) is 11.0. The molecule has 2 aromatic rings. The molecule has 0 radical (unpaired) electrons. The number of amides is 1. The Labute approximate surface area is 175 Å². The molecule has 30 heavy (non-hydrogen) atoms. The van der Waals surface area contributed by atoms with Gasteiger partial charge in [-0.25, -0.2) is 0 Å². The van der Waals surface area contributed by atoms with Crippen LogP contribution in [0.4, 0.5) is 0 Å². The van der Waals surface area contributed by atoms with Crippen LogP contribution in [0.5, 0.6) is 5.75 Å². The zero-order valence-electron chi connectivity index (χ0n) is 17.5. The second-order valence-corrected chi connectivity index (χ2v) is 10.2. The Bertz CT molecular complexity index is 1130. The van der Waals surface area contributed by atoms with Crippen molar-refractivity contribution in [2.45, 2.75) is 46.1 Å². The van der Waals surface area contributed by atoms with E-state index < -0.39 is 5.78 Å². The van der Waals surface area contributed by atoms with Crippen molar-refractivity contribution in [2.75, 3.05) is 6.54 Å². The van der Waals surface area contributed by atoms with Gasteiger partial charge in [0.05, 0.1) is 11.1 Å². The largest absolute Gasteiger partial charge is 0.506 e. The second-order valence-electron chi connectivity index (χ2n) is 10.2. The number of benzene rings is 2. The molecule has 1 saturated carbocycles. The first-order valence-corrected chi connectivity index (χ1v) is 10.5. The van der Waals surface area contributed by atoms with E-state index in [0.717, 1.165) is 19.3 Å². The van der Waals surface area contributed by atoms with Crippen LogP contribution in [0.15, 0.2) is 36.4 Å². The van der Waals surface area contributed by atoms with Crippen LogP contribution in [0.3, 0.4) is 0 Å². The molecule has 3 aliphatic rings. The summed E-state index contributed by atoms with van der Waals surface area (Å²) < 4.78 is 0. The Hall–Kier alpha value is -2.95. The van der Waals surface area contributed by atoms with E-state index in [9.17, 15) is 19.5 Å². The molecule has 0 spiro atoms. The van der Waals surface area contributed by atoms with Crippen LogP contribution in [0.25, 0.3) is 0 Å². The summed E-state index contributed by atoms with van der Waals surface area (Å²) in [6, 6.07) is 9.71. The number of carbonyl (C=O) groups excluding carboxylic acids is 3. The maximum atomic E-state index is 13.5. The first kappa shape index (κ1) is 19.0. The van der Waals surface area contributed by atoms with Crippen molar-refractivity contribution in [1.82, 2.24) is 4.90 Å². The van der Waals surface area contributed by atoms with Gasteiger partial charge in [-0.3, -0.25) is 14.4 Å². The van der Waals surface area contributed by atoms with Crippen LogP contribution < -0.4 is 0 Å². The van der Waals surface area contributed by atoms with Crippen LogP contribution in [0.1, 0.15) is 82.2 Å². The van der Waals surface area contributed by atoms with Crippen LogP contribution in [-0.2, 0) is 0 Å². The second kappa shape index (κ2) is 6.03. The Kier molecular flexibility index (Phi) is 3.83. The monoisotopic (exact) mass is 403 g/mol. The van der Waals surface area contributed by atoms with E-state index in [1.807, 2.05) is 4.90 Å². The molecule has 1 amide bonds. The first-order valence-electron chi connectivity index (χ1n) is 10.5. The van der Waals surface area contributed by atoms with Crippen LogP contribution >= 0.6 is 0 Å². The van der Waals surface area contributed by atoms with Crippen molar-refractivity contribution in [1.29, 1.82) is 0 Å². The maximum Gasteiger partial charge on any atom is 0.257 e. The van der Waals surface area contributed by atoms with Gasteiger partial charge in [0, 0.05) is 29.3 Å². The lowest BCUT2D eigenvalue weighted by molar-refractivity contribution is 0.0704. The highest BCUT2D eigenvalue weighted by molar-refractivity contribution is 6.30. The fraction of sp³-hybridized carbons (Fsp3) is 0.400. The van der Waals surface area contributed by atoms with Gasteiger partial charge < -0.3 is 10.0 Å². The minimum Gasteiger partial charge on any atom is -0.506 e. The number of nitrogens with zero attached hydrogens (tertiary/aromatic N) is 1. The predicted octanol–water partition coefficient (Wildman–Crippen LogP) is 4.21. The lowest BCUT2D eigenvalue weighted by Crippen LogP contribution is -2.38. The summed E-state index contributed by atoms with van der Waals surface area (Å²) in [6.45, 7) is 7.35. The van der Waals surface area contributed by atoms with Crippen molar-refractivity contribution in [3.8, 4) is 5.75 Å². The topological polar surface area (TPSA) is 74.7 Å². The molecular formula is C25H25NO4. The van der Waals surface area contributed by atoms with Crippen molar-refractivity contribution in [2.24, 2.45) is 10.8 Å². The molecule has 5 heteroatoms. The molecule has 1 aliphatic heterocycles. The number of hydrogen-bond acceptors (Lipinski definition) is 4. The molecule has 2 aliphatic carbocycles. The molecule has 2 bridgehead atoms. The number of fused-ring (bicyclic) bond motifs is 4. The summed E-state index contributed by atoms with van der Waals surface area (Å²) >= 11 is 0. The van der Waals surface area contributed by atoms with E-state index in [1.165, 1.54) is 12.1 Å². The predicted molar refractivity (Wildman–Crippen MR) is 112 cm³/mol. The highest BCUT2D eigenvalue weighted by Crippen LogP contribution is 2.53. The molecule has 2 aromatic carbocycles. The third-order valence-corrected chi connectivity index (χ3v) is 6.97. The Morgan fingerprint density at radius 3 is 2.33 bits per heavy atom. The third kappa shape index (κ3) is 2.64. The summed E-state index contributed by atoms with van der Waals surface area (Å²) in [4.78, 5) is 41.2. The van der Waals surface area contributed by atoms with E-state index in [0.29, 0.717) is 12.1 Å². The number of aromatic hydroxyl groups is 1. The van der Waals surface area contributed by atoms with Gasteiger partial charge in [-0.2, -0.15) is 0 Å². The van der Waals surface area contributed by atoms with Crippen molar-refractivity contribution < 1.29 is 19.5 Å². The fourth-order valence-corrected chi connectivity index (χ4v) is 6.19. The summed E-state index contributed by atoms with van der Waals surface area (Å²) in [5.74, 6) is -1.36. The van der Waals surface area contributed by atoms with Gasteiger partial charge in [-0.05, 0) is 42.2 Å². The third-order valence-electron chi connectivity index (χ3n) is 6.97. The average molecular weight is 403 g/mol. The molecule has 2 fully saturated rings. The fourth-order valence-electron chi connectivity index (χ4n) is 6.19. The molecule has 0 aromatic heterocycles. The molecule has 5 nitrogen and oxygen atoms in total. The molecule has 1 N–H and O–H groups in total. The highest BCUT2D eigenvalue weighted by atomic mass is 16.3. The quantitative estimate of drug-likeness (QED) is 0.661. The van der Waals surface area contributed by atoms with E-state index in [2.05, 4.69) is 20.8 Å². The van der Waals surface area contributed by atoms with Gasteiger partial charge in [-0.1, -0.05) is 45.0 Å². The van der Waals surface area contributed by atoms with Crippen molar-refractivity contribution >= 4 is 17.5 Å². The molecule has 5 rings (SSSR count). The summed E-state index contributed by atoms with van der Waals surface area (Å²) in [7, 11) is 0. The van der Waals surface area contributed by atoms with Crippen LogP contribution in [0, 0.1) is 10.8 Å². The molecule has 2 atom stereocenters. The standard InChI is InChI=1S/C25H25NO4/c1-24(2)10-14-11-25(3,12-24)13-26(14)23(30)18-9-8-17-19(22(18)29)21(28)16-7-5-4-6-15(16)20(17)27/h4-9,14,29H,10-13H2,1-3H3/t14-,25-/m1/s1. The first-order chi connectivity index (χ1) is 14.1. The number of phenolic OH excluding ortho intramolecular Hbond substituents is 1. The molecule has 1 saturated heterocycles. The van der Waals surface area contributed by atoms with Crippen molar-refractivity contribution in [3.05, 3.63) is 64.2 Å². The van der Waals surface area contributed by atoms with Crippen LogP contribution in [-0.4, -0.2) is 40.1 Å². The number of carbonyl (C=O) groups is 3. The minimum atomic E-state index is -0.416. The van der Waals surface area contributed by atoms with Gasteiger partial charge in [-0.15, -0.1) is 0 Å². The normalized spacial score (nSPS) is 26.4. The number of ketones is 2. The Morgan fingerprint density at radius 1 is 0.967 bits per heavy atom. The lowest BCUT2D eigenvalue weighted by atomic mass is 9.65. The SMILES string of the molecule is CC1(C)C[C@@H]2C[C@@](C)(CN2C(=O)c2ccc3c(c2O)C(=O)c2ccccc2C3=O)C1. The van der Waals surface area contributed by atoms with E-state index in [1.54, 1.807) is 24.3 Å². The number of likely N-dealkylation sites (tertiary alicyclic amines) is 1. The van der Waals surface area contributed by atoms with E-state index in [-0.39, 0.29) is 56.6 Å². The number of rotatable bonds is 1. The summed E-state index contributed by atoms with van der Waals surface area (Å²) in [5.41, 5.74) is 1.02. The maximum absolute atomic E-state index is 13.5. The van der Waals surface area contributed by atoms with Crippen LogP contribution in [0.2, 0.25) is 0 Å². The molecule has 154 valence electrons. The zero-order valence-corrected chi connectivity index (χ0v) is 17.5. The van der Waals surface area contributed by atoms with E-state index in [4.69, 9.17) is 0 Å². The lowest BCUT2D eigenvalue weighted by Gasteiger charge is -2.39. The van der Waals surface area contributed by atoms with Crippen molar-refractivity contribution in [3.63, 3.8) is 0 Å². The average Bonchev–Trinajstić information content (AvgIpc) is 2.94. The Morgan fingerprint density at radius 2 is 1.63 bits per heavy atom. The van der Waals surface area contributed by atoms with Gasteiger partial charge >= 0.3 is 0 Å². The van der Waals surface area contributed by atoms with Gasteiger partial charge in [0.15, 0.2) is 11.6 Å². The molecule has 0 unspecified atom stereocenters. The van der Waals surface area contributed by atoms with Gasteiger partial charge in [0.25, 0.3) is 5.91 Å². The molecule has 1 heterocycles. The zero-order chi connectivity index (χ0) is 21.4. The van der Waals surface area contributed by atoms with Gasteiger partial charge in [0.2, 0.25) is 0 Å². The number of hydrogen-bond donors (Lipinski definition) is 1. The van der Waals surface area contributed by atoms with Gasteiger partial charge in [0.1, 0.15) is 5.75 Å². The Balaban J connectivity index is 1.56. The molecular weight excluding hydrogens is 378 g/mol. The summed E-state index contributed by atoms with van der Waals surface area (Å²) in [6.07, 6.45) is 2.93.